The van der Waals surface area contributed by atoms with Gasteiger partial charge in [-0.1, -0.05) is 146 Å². The Balaban J connectivity index is 0.000000129. The summed E-state index contributed by atoms with van der Waals surface area (Å²) in [5.41, 5.74) is 16.8. The lowest BCUT2D eigenvalue weighted by Gasteiger charge is -2.18. The fourth-order valence-corrected chi connectivity index (χ4v) is 12.6. The van der Waals surface area contributed by atoms with Crippen LogP contribution < -0.4 is 41.4 Å². The molecule has 0 atom stereocenters. The molecule has 0 saturated heterocycles. The molecule has 15 rings (SSSR count). The first-order valence-electron chi connectivity index (χ1n) is 31.4. The fraction of sp³-hybridized carbons (Fsp3) is 0.208. The minimum Gasteiger partial charge on any atom is -0.364 e. The van der Waals surface area contributed by atoms with Gasteiger partial charge in [0.2, 0.25) is 0 Å². The molecule has 0 unspecified atom stereocenters. The summed E-state index contributed by atoms with van der Waals surface area (Å²) in [5.74, 6) is 4.31. The molecule has 3 fully saturated rings. The molecular formula is C72H71N17O4S2. The molecule has 11 N–H and O–H groups in total. The number of nitrogens with two attached hydrogens (primary N) is 3. The van der Waals surface area contributed by atoms with Crippen LogP contribution >= 0.6 is 0 Å². The maximum absolute atomic E-state index is 11.5. The van der Waals surface area contributed by atoms with Crippen LogP contribution in [-0.2, 0) is 56.3 Å². The summed E-state index contributed by atoms with van der Waals surface area (Å²) >= 11 is 0. The maximum atomic E-state index is 11.5. The summed E-state index contributed by atoms with van der Waals surface area (Å²) in [6.45, 7) is 2.53. The van der Waals surface area contributed by atoms with E-state index in [9.17, 15) is 16.8 Å². The van der Waals surface area contributed by atoms with Gasteiger partial charge >= 0.3 is 0 Å². The van der Waals surface area contributed by atoms with Gasteiger partial charge in [-0.25, -0.2) is 49.6 Å². The first-order chi connectivity index (χ1) is 46.2. The molecule has 6 heterocycles. The molecule has 3 saturated carbocycles. The number of anilines is 3. The summed E-state index contributed by atoms with van der Waals surface area (Å²) in [6, 6.07) is 66.3. The Morgan fingerprint density at radius 1 is 0.347 bits per heavy atom. The Kier molecular flexibility index (Phi) is 18.4. The highest BCUT2D eigenvalue weighted by molar-refractivity contribution is 7.87. The summed E-state index contributed by atoms with van der Waals surface area (Å²) in [6.07, 6.45) is 10.6. The molecule has 0 spiro atoms. The van der Waals surface area contributed by atoms with E-state index in [0.717, 1.165) is 133 Å². The Labute approximate surface area is 551 Å². The second kappa shape index (κ2) is 27.5. The number of aromatic nitrogens is 9. The van der Waals surface area contributed by atoms with Gasteiger partial charge in [-0.3, -0.25) is 15.0 Å². The van der Waals surface area contributed by atoms with Crippen molar-refractivity contribution in [2.24, 2.45) is 16.0 Å². The van der Waals surface area contributed by atoms with Crippen molar-refractivity contribution in [3.8, 4) is 33.4 Å². The minimum atomic E-state index is -3.80. The SMILES string of the molecule is NCC1(c2nc(NCc3ccccn3)c3c(-c4ccccc4)cccc3n2)CC1.NS(=O)(=O)NCC1(c2nc(NCc3ccccn3)c3c(-c4ccccc4)cccc3n2)CC1.NS(=O)(=O)NCC1(c2nc(NCc3ccccn3)c3c(-c4ccccc4)cccc3n2)CC1. The van der Waals surface area contributed by atoms with Crippen LogP contribution in [-0.4, -0.2) is 81.3 Å². The second-order valence-corrected chi connectivity index (χ2v) is 26.9. The van der Waals surface area contributed by atoms with Gasteiger partial charge in [-0.2, -0.15) is 16.8 Å². The zero-order valence-corrected chi connectivity index (χ0v) is 53.6. The third kappa shape index (κ3) is 15.1. The quantitative estimate of drug-likeness (QED) is 0.0313. The largest absolute Gasteiger partial charge is 0.364 e. The molecule has 6 aromatic heterocycles. The highest BCUT2D eigenvalue weighted by Crippen LogP contribution is 2.50. The maximum Gasteiger partial charge on any atom is 0.274 e. The lowest BCUT2D eigenvalue weighted by Crippen LogP contribution is -2.37. The van der Waals surface area contributed by atoms with Gasteiger partial charge in [0.1, 0.15) is 34.9 Å². The van der Waals surface area contributed by atoms with E-state index in [0.29, 0.717) is 49.5 Å². The van der Waals surface area contributed by atoms with Crippen LogP contribution in [0.5, 0.6) is 0 Å². The fourth-order valence-electron chi connectivity index (χ4n) is 11.7. The summed E-state index contributed by atoms with van der Waals surface area (Å²) < 4.78 is 50.8. The van der Waals surface area contributed by atoms with Gasteiger partial charge in [0.05, 0.1) is 69.4 Å². The monoisotopic (exact) mass is 1300 g/mol. The van der Waals surface area contributed by atoms with Gasteiger partial charge in [0.15, 0.2) is 0 Å². The molecule has 23 heteroatoms. The molecule has 0 bridgehead atoms. The second-order valence-electron chi connectivity index (χ2n) is 24.2. The van der Waals surface area contributed by atoms with Crippen LogP contribution in [0.3, 0.4) is 0 Å². The Hall–Kier alpha value is -10.1. The molecular weight excluding hydrogens is 1230 g/mol. The van der Waals surface area contributed by atoms with Crippen LogP contribution in [0.25, 0.3) is 66.1 Å². The lowest BCUT2D eigenvalue weighted by molar-refractivity contribution is 0.560. The Morgan fingerprint density at radius 3 is 0.905 bits per heavy atom. The average molecular weight is 1300 g/mol. The Bertz CT molecular complexity index is 4690. The van der Waals surface area contributed by atoms with Gasteiger partial charge in [-0.05, 0) is 127 Å². The molecule has 95 heavy (non-hydrogen) atoms. The molecule has 480 valence electrons. The van der Waals surface area contributed by atoms with Crippen molar-refractivity contribution in [2.75, 3.05) is 35.6 Å². The molecule has 12 aromatic rings. The van der Waals surface area contributed by atoms with Crippen LogP contribution in [0.2, 0.25) is 0 Å². The normalized spacial score (nSPS) is 14.8. The zero-order chi connectivity index (χ0) is 65.5. The first kappa shape index (κ1) is 63.6. The molecule has 3 aliphatic rings. The summed E-state index contributed by atoms with van der Waals surface area (Å²) in [4.78, 5) is 42.7. The van der Waals surface area contributed by atoms with Crippen molar-refractivity contribution >= 4 is 70.6 Å². The topological polar surface area (TPSA) is 322 Å². The molecule has 0 aliphatic heterocycles. The van der Waals surface area contributed by atoms with Gasteiger partial charge in [0.25, 0.3) is 20.4 Å². The number of nitrogens with one attached hydrogen (secondary N) is 5. The van der Waals surface area contributed by atoms with Crippen molar-refractivity contribution in [2.45, 2.75) is 74.4 Å². The van der Waals surface area contributed by atoms with E-state index in [-0.39, 0.29) is 18.5 Å². The van der Waals surface area contributed by atoms with E-state index in [2.05, 4.69) is 119 Å². The number of nitrogens with zero attached hydrogens (tertiary/aromatic N) is 9. The molecule has 6 aromatic carbocycles. The van der Waals surface area contributed by atoms with Crippen molar-refractivity contribution in [3.05, 3.63) is 253 Å². The minimum absolute atomic E-state index is 0.0711. The average Bonchev–Trinajstić information content (AvgIpc) is 1.68. The standard InChI is InChI=1S/2C24H24N6O2S.C24H23N5/c2*25-33(31,32)28-16-24(12-13-24)23-29-20-11-6-10-19(17-7-2-1-3-8-17)21(20)22(30-23)27-15-18-9-4-5-14-26-18;25-16-24(12-13-24)23-28-20-11-6-10-19(17-7-2-1-3-8-17)21(20)22(29-23)27-15-18-9-4-5-14-26-18/h2*1-11,14,28H,12-13,15-16H2,(H2,25,31,32)(H,27,29,30);1-11,14H,12-13,15-16,25H2,(H,27,28,29). The number of hydrogen-bond acceptors (Lipinski definition) is 17. The van der Waals surface area contributed by atoms with Crippen molar-refractivity contribution < 1.29 is 16.8 Å². The highest BCUT2D eigenvalue weighted by Gasteiger charge is 2.49. The van der Waals surface area contributed by atoms with Gasteiger partial charge in [0, 0.05) is 54.5 Å². The van der Waals surface area contributed by atoms with E-state index in [1.807, 2.05) is 128 Å². The summed E-state index contributed by atoms with van der Waals surface area (Å²) in [7, 11) is -7.59. The van der Waals surface area contributed by atoms with Crippen LogP contribution in [0.15, 0.2) is 219 Å². The van der Waals surface area contributed by atoms with Crippen LogP contribution in [0.4, 0.5) is 17.5 Å². The summed E-state index contributed by atoms with van der Waals surface area (Å²) in [5, 5.41) is 23.6. The lowest BCUT2D eigenvalue weighted by atomic mass is 10.00. The van der Waals surface area contributed by atoms with Crippen molar-refractivity contribution in [3.63, 3.8) is 0 Å². The number of fused-ring (bicyclic) bond motifs is 3. The molecule has 0 amide bonds. The number of pyridine rings is 3. The molecule has 3 aliphatic carbocycles. The predicted octanol–water partition coefficient (Wildman–Crippen LogP) is 10.6. The van der Waals surface area contributed by atoms with E-state index in [1.165, 1.54) is 0 Å². The third-order valence-electron chi connectivity index (χ3n) is 17.5. The smallest absolute Gasteiger partial charge is 0.274 e. The van der Waals surface area contributed by atoms with Crippen molar-refractivity contribution in [1.82, 2.24) is 54.3 Å². The van der Waals surface area contributed by atoms with E-state index < -0.39 is 31.2 Å². The zero-order valence-electron chi connectivity index (χ0n) is 52.0. The number of rotatable bonds is 22. The van der Waals surface area contributed by atoms with Gasteiger partial charge in [-0.15, -0.1) is 0 Å². The Morgan fingerprint density at radius 2 is 0.642 bits per heavy atom. The van der Waals surface area contributed by atoms with Crippen LogP contribution in [0, 0.1) is 0 Å². The predicted molar refractivity (Wildman–Crippen MR) is 374 cm³/mol. The van der Waals surface area contributed by atoms with Crippen molar-refractivity contribution in [1.29, 1.82) is 0 Å². The van der Waals surface area contributed by atoms with E-state index in [1.54, 1.807) is 12.4 Å². The third-order valence-corrected chi connectivity index (χ3v) is 18.6. The molecule has 21 nitrogen and oxygen atoms in total. The number of hydrogen-bond donors (Lipinski definition) is 8. The van der Waals surface area contributed by atoms with E-state index >= 15 is 0 Å². The van der Waals surface area contributed by atoms with Gasteiger partial charge < -0.3 is 21.7 Å². The molecule has 0 radical (unpaired) electrons. The number of benzene rings is 6. The van der Waals surface area contributed by atoms with E-state index in [4.69, 9.17) is 45.9 Å². The first-order valence-corrected chi connectivity index (χ1v) is 34.5. The van der Waals surface area contributed by atoms with Crippen LogP contribution in [0.1, 0.15) is 73.1 Å². The highest BCUT2D eigenvalue weighted by atomic mass is 32.2.